The summed E-state index contributed by atoms with van der Waals surface area (Å²) in [6, 6.07) is 20.1. The van der Waals surface area contributed by atoms with Crippen molar-refractivity contribution in [3.8, 4) is 11.3 Å². The van der Waals surface area contributed by atoms with Gasteiger partial charge in [0.1, 0.15) is 6.61 Å². The van der Waals surface area contributed by atoms with E-state index in [0.717, 1.165) is 47.8 Å². The van der Waals surface area contributed by atoms with Crippen LogP contribution >= 0.6 is 11.3 Å². The summed E-state index contributed by atoms with van der Waals surface area (Å²) < 4.78 is 5.61. The number of ether oxygens (including phenoxy) is 1. The molecule has 0 bridgehead atoms. The SMILES string of the molecule is O=C(OCc1ccccc1)N(CCc1nc(-c2ccccc2)cs1)C1CCNC1. The molecule has 1 amide bonds. The van der Waals surface area contributed by atoms with E-state index in [0.29, 0.717) is 13.2 Å². The van der Waals surface area contributed by atoms with Crippen molar-refractivity contribution in [3.05, 3.63) is 76.6 Å². The first-order valence-corrected chi connectivity index (χ1v) is 10.9. The molecule has 1 fully saturated rings. The normalized spacial score (nSPS) is 15.9. The second kappa shape index (κ2) is 9.67. The highest BCUT2D eigenvalue weighted by Crippen LogP contribution is 2.22. The molecule has 2 heterocycles. The number of thiazole rings is 1. The molecule has 1 aliphatic rings. The van der Waals surface area contributed by atoms with Gasteiger partial charge in [-0.25, -0.2) is 9.78 Å². The Morgan fingerprint density at radius 2 is 1.90 bits per heavy atom. The van der Waals surface area contributed by atoms with Crippen LogP contribution in [0.4, 0.5) is 4.79 Å². The number of carbonyl (C=O) groups excluding carboxylic acids is 1. The van der Waals surface area contributed by atoms with Gasteiger partial charge in [-0.05, 0) is 18.5 Å². The second-order valence-corrected chi connectivity index (χ2v) is 8.07. The van der Waals surface area contributed by atoms with Crippen LogP contribution in [0.1, 0.15) is 17.0 Å². The fourth-order valence-corrected chi connectivity index (χ4v) is 4.31. The number of hydrogen-bond acceptors (Lipinski definition) is 5. The number of rotatable bonds is 7. The molecule has 150 valence electrons. The number of carbonyl (C=O) groups is 1. The smallest absolute Gasteiger partial charge is 0.410 e. The van der Waals surface area contributed by atoms with Gasteiger partial charge in [-0.2, -0.15) is 0 Å². The first-order valence-electron chi connectivity index (χ1n) is 9.97. The molecular formula is C23H25N3O2S. The van der Waals surface area contributed by atoms with E-state index in [2.05, 4.69) is 22.8 Å². The average molecular weight is 408 g/mol. The molecule has 1 atom stereocenters. The average Bonchev–Trinajstić information content (AvgIpc) is 3.46. The third kappa shape index (κ3) is 5.22. The van der Waals surface area contributed by atoms with Crippen LogP contribution in [0.3, 0.4) is 0 Å². The molecule has 0 spiro atoms. The highest BCUT2D eigenvalue weighted by Gasteiger charge is 2.27. The van der Waals surface area contributed by atoms with Crippen LogP contribution in [-0.2, 0) is 17.8 Å². The van der Waals surface area contributed by atoms with Crippen LogP contribution in [0.15, 0.2) is 66.0 Å². The van der Waals surface area contributed by atoms with Gasteiger partial charge in [0, 0.05) is 36.5 Å². The minimum Gasteiger partial charge on any atom is -0.445 e. The molecule has 29 heavy (non-hydrogen) atoms. The standard InChI is InChI=1S/C23H25N3O2S/c27-23(28-16-18-7-3-1-4-8-18)26(20-11-13-24-15-20)14-12-22-25-21(17-29-22)19-9-5-2-6-10-19/h1-10,17,20,24H,11-16H2. The first kappa shape index (κ1) is 19.6. The number of nitrogens with one attached hydrogen (secondary N) is 1. The topological polar surface area (TPSA) is 54.5 Å². The second-order valence-electron chi connectivity index (χ2n) is 7.12. The van der Waals surface area contributed by atoms with Gasteiger partial charge in [0.25, 0.3) is 0 Å². The molecule has 1 saturated heterocycles. The van der Waals surface area contributed by atoms with E-state index in [1.54, 1.807) is 11.3 Å². The van der Waals surface area contributed by atoms with Crippen molar-refractivity contribution in [2.75, 3.05) is 19.6 Å². The Kier molecular flexibility index (Phi) is 6.54. The third-order valence-electron chi connectivity index (χ3n) is 5.10. The molecule has 2 aromatic carbocycles. The molecular weight excluding hydrogens is 382 g/mol. The summed E-state index contributed by atoms with van der Waals surface area (Å²) in [6.07, 6.45) is 1.43. The number of nitrogens with zero attached hydrogens (tertiary/aromatic N) is 2. The largest absolute Gasteiger partial charge is 0.445 e. The van der Waals surface area contributed by atoms with Gasteiger partial charge in [-0.1, -0.05) is 60.7 Å². The molecule has 5 nitrogen and oxygen atoms in total. The predicted octanol–water partition coefficient (Wildman–Crippen LogP) is 4.35. The van der Waals surface area contributed by atoms with Crippen LogP contribution in [-0.4, -0.2) is 41.7 Å². The summed E-state index contributed by atoms with van der Waals surface area (Å²) in [7, 11) is 0. The van der Waals surface area contributed by atoms with E-state index in [-0.39, 0.29) is 12.1 Å². The van der Waals surface area contributed by atoms with Crippen LogP contribution in [0.25, 0.3) is 11.3 Å². The van der Waals surface area contributed by atoms with Gasteiger partial charge in [0.2, 0.25) is 0 Å². The Morgan fingerprint density at radius 1 is 1.14 bits per heavy atom. The van der Waals surface area contributed by atoms with Crippen molar-refractivity contribution in [3.63, 3.8) is 0 Å². The van der Waals surface area contributed by atoms with Crippen LogP contribution in [0.5, 0.6) is 0 Å². The number of benzene rings is 2. The maximum absolute atomic E-state index is 12.8. The first-order chi connectivity index (χ1) is 14.3. The molecule has 3 aromatic rings. The maximum Gasteiger partial charge on any atom is 0.410 e. The molecule has 0 radical (unpaired) electrons. The van der Waals surface area contributed by atoms with Gasteiger partial charge in [-0.15, -0.1) is 11.3 Å². The Labute approximate surface area is 175 Å². The zero-order valence-corrected chi connectivity index (χ0v) is 17.1. The van der Waals surface area contributed by atoms with E-state index >= 15 is 0 Å². The number of aromatic nitrogens is 1. The minimum absolute atomic E-state index is 0.173. The molecule has 0 aliphatic carbocycles. The van der Waals surface area contributed by atoms with E-state index in [4.69, 9.17) is 9.72 Å². The Balaban J connectivity index is 1.38. The molecule has 0 saturated carbocycles. The van der Waals surface area contributed by atoms with Crippen LogP contribution in [0.2, 0.25) is 0 Å². The molecule has 4 rings (SSSR count). The quantitative estimate of drug-likeness (QED) is 0.633. The summed E-state index contributed by atoms with van der Waals surface area (Å²) in [6.45, 7) is 2.66. The van der Waals surface area contributed by atoms with Gasteiger partial charge in [0.05, 0.1) is 10.7 Å². The Bertz CT molecular complexity index is 908. The van der Waals surface area contributed by atoms with Crippen molar-refractivity contribution < 1.29 is 9.53 Å². The maximum atomic E-state index is 12.8. The lowest BCUT2D eigenvalue weighted by molar-refractivity contribution is 0.0836. The fraction of sp³-hybridized carbons (Fsp3) is 0.304. The van der Waals surface area contributed by atoms with E-state index in [1.165, 1.54) is 0 Å². The number of hydrogen-bond donors (Lipinski definition) is 1. The van der Waals surface area contributed by atoms with Crippen molar-refractivity contribution in [1.82, 2.24) is 15.2 Å². The zero-order chi connectivity index (χ0) is 19.9. The minimum atomic E-state index is -0.248. The summed E-state index contributed by atoms with van der Waals surface area (Å²) in [5.41, 5.74) is 3.11. The highest BCUT2D eigenvalue weighted by atomic mass is 32.1. The van der Waals surface area contributed by atoms with Gasteiger partial charge in [-0.3, -0.25) is 0 Å². The molecule has 1 unspecified atom stereocenters. The third-order valence-corrected chi connectivity index (χ3v) is 6.01. The lowest BCUT2D eigenvalue weighted by Gasteiger charge is -2.27. The summed E-state index contributed by atoms with van der Waals surface area (Å²) in [4.78, 5) is 19.4. The lowest BCUT2D eigenvalue weighted by Crippen LogP contribution is -2.43. The number of amides is 1. The predicted molar refractivity (Wildman–Crippen MR) is 116 cm³/mol. The zero-order valence-electron chi connectivity index (χ0n) is 16.3. The van der Waals surface area contributed by atoms with E-state index in [9.17, 15) is 4.79 Å². The van der Waals surface area contributed by atoms with Gasteiger partial charge in [0.15, 0.2) is 0 Å². The van der Waals surface area contributed by atoms with E-state index in [1.807, 2.05) is 53.4 Å². The Morgan fingerprint density at radius 3 is 2.62 bits per heavy atom. The molecule has 6 heteroatoms. The van der Waals surface area contributed by atoms with Crippen molar-refractivity contribution >= 4 is 17.4 Å². The lowest BCUT2D eigenvalue weighted by atomic mass is 10.2. The highest BCUT2D eigenvalue weighted by molar-refractivity contribution is 7.09. The monoisotopic (exact) mass is 407 g/mol. The van der Waals surface area contributed by atoms with Gasteiger partial charge < -0.3 is 15.0 Å². The summed E-state index contributed by atoms with van der Waals surface area (Å²) in [5, 5.41) is 6.46. The Hall–Kier alpha value is -2.70. The van der Waals surface area contributed by atoms with Crippen LogP contribution in [0, 0.1) is 0 Å². The van der Waals surface area contributed by atoms with Crippen molar-refractivity contribution in [2.24, 2.45) is 0 Å². The molecule has 1 N–H and O–H groups in total. The van der Waals surface area contributed by atoms with E-state index < -0.39 is 0 Å². The molecule has 1 aliphatic heterocycles. The summed E-state index contributed by atoms with van der Waals surface area (Å²) in [5.74, 6) is 0. The van der Waals surface area contributed by atoms with Crippen molar-refractivity contribution in [1.29, 1.82) is 0 Å². The van der Waals surface area contributed by atoms with Crippen LogP contribution < -0.4 is 5.32 Å². The van der Waals surface area contributed by atoms with Gasteiger partial charge >= 0.3 is 6.09 Å². The fourth-order valence-electron chi connectivity index (χ4n) is 3.51. The summed E-state index contributed by atoms with van der Waals surface area (Å²) >= 11 is 1.65. The molecule has 1 aromatic heterocycles. The van der Waals surface area contributed by atoms with Crippen molar-refractivity contribution in [2.45, 2.75) is 25.5 Å².